The summed E-state index contributed by atoms with van der Waals surface area (Å²) in [5, 5.41) is 6.28. The molecule has 0 spiro atoms. The number of hydrogen-bond acceptors (Lipinski definition) is 2. The molecule has 0 aliphatic rings. The van der Waals surface area contributed by atoms with E-state index in [9.17, 15) is 0 Å². The third kappa shape index (κ3) is 4.05. The maximum Gasteiger partial charge on any atom is 0.138 e. The summed E-state index contributed by atoms with van der Waals surface area (Å²) < 4.78 is 2.04. The minimum atomic E-state index is 0.238. The van der Waals surface area contributed by atoms with Crippen LogP contribution in [0.15, 0.2) is 6.33 Å². The molecule has 1 aromatic rings. The monoisotopic (exact) mass is 365 g/mol. The molecule has 0 aliphatic heterocycles. The van der Waals surface area contributed by atoms with Crippen molar-refractivity contribution >= 4 is 31.9 Å². The largest absolute Gasteiger partial charge is 0.250 e. The van der Waals surface area contributed by atoms with E-state index >= 15 is 0 Å². The van der Waals surface area contributed by atoms with E-state index in [2.05, 4.69) is 62.7 Å². The van der Waals surface area contributed by atoms with Crippen LogP contribution in [0.4, 0.5) is 0 Å². The second-order valence-corrected chi connectivity index (χ2v) is 6.17. The lowest BCUT2D eigenvalue weighted by atomic mass is 9.86. The van der Waals surface area contributed by atoms with E-state index in [0.717, 1.165) is 35.9 Å². The molecule has 5 heteroatoms. The molecular formula is C12H21Br2N3. The van der Waals surface area contributed by atoms with Gasteiger partial charge in [-0.3, -0.25) is 0 Å². The van der Waals surface area contributed by atoms with E-state index in [1.807, 2.05) is 4.68 Å². The van der Waals surface area contributed by atoms with E-state index in [0.29, 0.717) is 5.92 Å². The van der Waals surface area contributed by atoms with Gasteiger partial charge in [-0.1, -0.05) is 52.6 Å². The van der Waals surface area contributed by atoms with Gasteiger partial charge in [-0.2, -0.15) is 5.10 Å². The van der Waals surface area contributed by atoms with Crippen molar-refractivity contribution < 1.29 is 0 Å². The molecule has 1 heterocycles. The van der Waals surface area contributed by atoms with Crippen LogP contribution in [-0.2, 0) is 13.0 Å². The smallest absolute Gasteiger partial charge is 0.138 e. The number of alkyl halides is 2. The predicted octanol–water partition coefficient (Wildman–Crippen LogP) is 3.66. The zero-order chi connectivity index (χ0) is 12.9. The fourth-order valence-corrected chi connectivity index (χ4v) is 3.82. The lowest BCUT2D eigenvalue weighted by Crippen LogP contribution is -2.29. The molecule has 0 saturated carbocycles. The second-order valence-electron chi connectivity index (χ2n) is 5.05. The van der Waals surface area contributed by atoms with Crippen LogP contribution in [0.1, 0.15) is 33.0 Å². The topological polar surface area (TPSA) is 30.7 Å². The molecule has 0 radical (unpaired) electrons. The summed E-state index contributed by atoms with van der Waals surface area (Å²) in [5.74, 6) is 1.69. The summed E-state index contributed by atoms with van der Waals surface area (Å²) in [7, 11) is 0. The molecule has 0 atom stereocenters. The van der Waals surface area contributed by atoms with Gasteiger partial charge >= 0.3 is 0 Å². The second kappa shape index (κ2) is 6.88. The van der Waals surface area contributed by atoms with Crippen molar-refractivity contribution in [2.75, 3.05) is 10.7 Å². The Hall–Kier alpha value is 0.1000. The average Bonchev–Trinajstić information content (AvgIpc) is 2.72. The molecule has 1 aromatic heterocycles. The molecule has 0 amide bonds. The van der Waals surface area contributed by atoms with Gasteiger partial charge in [-0.15, -0.1) is 0 Å². The maximum absolute atomic E-state index is 4.41. The number of rotatable bonds is 7. The van der Waals surface area contributed by atoms with Gasteiger partial charge in [-0.25, -0.2) is 9.67 Å². The lowest BCUT2D eigenvalue weighted by molar-refractivity contribution is 0.348. The van der Waals surface area contributed by atoms with Crippen molar-refractivity contribution in [2.45, 2.75) is 40.2 Å². The summed E-state index contributed by atoms with van der Waals surface area (Å²) in [4.78, 5) is 4.41. The predicted molar refractivity (Wildman–Crippen MR) is 78.9 cm³/mol. The summed E-state index contributed by atoms with van der Waals surface area (Å²) in [5.41, 5.74) is 0.238. The molecule has 0 unspecified atom stereocenters. The number of halogens is 2. The van der Waals surface area contributed by atoms with Crippen LogP contribution in [0.2, 0.25) is 0 Å². The molecule has 0 saturated heterocycles. The number of aromatic nitrogens is 3. The highest BCUT2D eigenvalue weighted by Gasteiger charge is 2.28. The summed E-state index contributed by atoms with van der Waals surface area (Å²) >= 11 is 7.25. The van der Waals surface area contributed by atoms with E-state index in [-0.39, 0.29) is 5.41 Å². The molecule has 0 fully saturated rings. The van der Waals surface area contributed by atoms with Crippen LogP contribution in [0.25, 0.3) is 0 Å². The van der Waals surface area contributed by atoms with Crippen LogP contribution in [0.3, 0.4) is 0 Å². The highest BCUT2D eigenvalue weighted by Crippen LogP contribution is 2.31. The first-order valence-electron chi connectivity index (χ1n) is 6.05. The van der Waals surface area contributed by atoms with Crippen molar-refractivity contribution in [3.8, 4) is 0 Å². The van der Waals surface area contributed by atoms with Gasteiger partial charge in [-0.05, 0) is 17.8 Å². The van der Waals surface area contributed by atoms with Gasteiger partial charge in [0.2, 0.25) is 0 Å². The molecule has 3 nitrogen and oxygen atoms in total. The lowest BCUT2D eigenvalue weighted by Gasteiger charge is -2.28. The third-order valence-corrected chi connectivity index (χ3v) is 5.46. The maximum atomic E-state index is 4.41. The minimum Gasteiger partial charge on any atom is -0.250 e. The molecule has 1 rings (SSSR count). The zero-order valence-electron chi connectivity index (χ0n) is 10.8. The Balaban J connectivity index is 2.82. The molecule has 0 bridgehead atoms. The Bertz CT molecular complexity index is 324. The molecule has 98 valence electrons. The zero-order valence-corrected chi connectivity index (χ0v) is 14.0. The molecule has 0 N–H and O–H groups in total. The van der Waals surface area contributed by atoms with Gasteiger partial charge in [0.25, 0.3) is 0 Å². The molecule has 0 aromatic carbocycles. The van der Waals surface area contributed by atoms with Crippen LogP contribution < -0.4 is 0 Å². The standard InChI is InChI=1S/C12H21Br2N3/c1-4-12(7-13,8-14)5-11-15-9-16-17(11)6-10(2)3/h9-10H,4-8H2,1-3H3. The van der Waals surface area contributed by atoms with E-state index in [1.54, 1.807) is 6.33 Å². The highest BCUT2D eigenvalue weighted by atomic mass is 79.9. The number of nitrogens with zero attached hydrogens (tertiary/aromatic N) is 3. The average molecular weight is 367 g/mol. The van der Waals surface area contributed by atoms with E-state index < -0.39 is 0 Å². The third-order valence-electron chi connectivity index (χ3n) is 3.08. The first-order chi connectivity index (χ1) is 8.06. The van der Waals surface area contributed by atoms with Crippen molar-refractivity contribution in [1.82, 2.24) is 14.8 Å². The van der Waals surface area contributed by atoms with Crippen molar-refractivity contribution in [2.24, 2.45) is 11.3 Å². The van der Waals surface area contributed by atoms with Gasteiger partial charge < -0.3 is 0 Å². The quantitative estimate of drug-likeness (QED) is 0.689. The van der Waals surface area contributed by atoms with E-state index in [4.69, 9.17) is 0 Å². The Morgan fingerprint density at radius 1 is 1.35 bits per heavy atom. The summed E-state index contributed by atoms with van der Waals surface area (Å²) in [6, 6.07) is 0. The van der Waals surface area contributed by atoms with Crippen molar-refractivity contribution in [3.63, 3.8) is 0 Å². The Morgan fingerprint density at radius 3 is 2.47 bits per heavy atom. The number of hydrogen-bond donors (Lipinski definition) is 0. The molecule has 0 aliphatic carbocycles. The molecule has 17 heavy (non-hydrogen) atoms. The highest BCUT2D eigenvalue weighted by molar-refractivity contribution is 9.09. The Morgan fingerprint density at radius 2 is 2.00 bits per heavy atom. The van der Waals surface area contributed by atoms with Crippen molar-refractivity contribution in [1.29, 1.82) is 0 Å². The Labute approximate surface area is 121 Å². The first kappa shape index (κ1) is 15.2. The van der Waals surface area contributed by atoms with Crippen LogP contribution in [-0.4, -0.2) is 25.4 Å². The summed E-state index contributed by atoms with van der Waals surface area (Å²) in [6.45, 7) is 7.58. The summed E-state index contributed by atoms with van der Waals surface area (Å²) in [6.07, 6.45) is 3.76. The van der Waals surface area contributed by atoms with E-state index in [1.165, 1.54) is 0 Å². The normalized spacial score (nSPS) is 12.4. The Kier molecular flexibility index (Phi) is 6.13. The minimum absolute atomic E-state index is 0.238. The van der Waals surface area contributed by atoms with Gasteiger partial charge in [0.05, 0.1) is 0 Å². The van der Waals surface area contributed by atoms with Crippen LogP contribution in [0.5, 0.6) is 0 Å². The van der Waals surface area contributed by atoms with Gasteiger partial charge in [0, 0.05) is 23.6 Å². The first-order valence-corrected chi connectivity index (χ1v) is 8.30. The molecular weight excluding hydrogens is 346 g/mol. The van der Waals surface area contributed by atoms with Gasteiger partial charge in [0.15, 0.2) is 0 Å². The van der Waals surface area contributed by atoms with Crippen LogP contribution in [0, 0.1) is 11.3 Å². The van der Waals surface area contributed by atoms with Crippen molar-refractivity contribution in [3.05, 3.63) is 12.2 Å². The fraction of sp³-hybridized carbons (Fsp3) is 0.833. The SMILES string of the molecule is CCC(CBr)(CBr)Cc1ncnn1CC(C)C. The fourth-order valence-electron chi connectivity index (χ4n) is 1.70. The van der Waals surface area contributed by atoms with Gasteiger partial charge in [0.1, 0.15) is 12.2 Å². The van der Waals surface area contributed by atoms with Crippen LogP contribution >= 0.6 is 31.9 Å².